The van der Waals surface area contributed by atoms with E-state index in [1.165, 1.54) is 19.3 Å². The molecule has 2 heteroatoms. The van der Waals surface area contributed by atoms with Crippen LogP contribution in [0.15, 0.2) is 12.7 Å². The number of hydrogen-bond acceptors (Lipinski definition) is 2. The van der Waals surface area contributed by atoms with Crippen molar-refractivity contribution in [2.24, 2.45) is 5.41 Å². The number of aliphatic carboxylic acids is 1. The molecule has 14 heavy (non-hydrogen) atoms. The van der Waals surface area contributed by atoms with Crippen LogP contribution in [0.2, 0.25) is 0 Å². The summed E-state index contributed by atoms with van der Waals surface area (Å²) < 4.78 is 0. The van der Waals surface area contributed by atoms with E-state index in [1.54, 1.807) is 0 Å². The van der Waals surface area contributed by atoms with Gasteiger partial charge in [0, 0.05) is 5.97 Å². The van der Waals surface area contributed by atoms with Gasteiger partial charge in [0.15, 0.2) is 0 Å². The van der Waals surface area contributed by atoms with E-state index in [2.05, 4.69) is 6.58 Å². The molecule has 1 aliphatic rings. The quantitative estimate of drug-likeness (QED) is 0.630. The minimum Gasteiger partial charge on any atom is -0.550 e. The van der Waals surface area contributed by atoms with Gasteiger partial charge in [0.2, 0.25) is 0 Å². The zero-order valence-electron chi connectivity index (χ0n) is 8.76. The smallest absolute Gasteiger partial charge is 0.0414 e. The lowest BCUT2D eigenvalue weighted by Gasteiger charge is -2.37. The Bertz CT molecular complexity index is 202. The molecule has 0 spiro atoms. The molecule has 1 fully saturated rings. The number of carboxylic acids is 1. The van der Waals surface area contributed by atoms with Crippen LogP contribution < -0.4 is 5.11 Å². The van der Waals surface area contributed by atoms with E-state index in [1.807, 2.05) is 6.08 Å². The highest BCUT2D eigenvalue weighted by molar-refractivity contribution is 5.64. The van der Waals surface area contributed by atoms with Crippen LogP contribution in [0.5, 0.6) is 0 Å². The molecule has 0 bridgehead atoms. The third kappa shape index (κ3) is 3.17. The lowest BCUT2D eigenvalue weighted by Crippen LogP contribution is -2.28. The van der Waals surface area contributed by atoms with Gasteiger partial charge in [0.1, 0.15) is 0 Å². The highest BCUT2D eigenvalue weighted by atomic mass is 16.4. The van der Waals surface area contributed by atoms with Crippen molar-refractivity contribution in [3.8, 4) is 0 Å². The van der Waals surface area contributed by atoms with Crippen molar-refractivity contribution < 1.29 is 9.90 Å². The molecule has 0 unspecified atom stereocenters. The van der Waals surface area contributed by atoms with Crippen molar-refractivity contribution in [2.45, 2.75) is 51.4 Å². The van der Waals surface area contributed by atoms with Crippen molar-refractivity contribution in [1.82, 2.24) is 0 Å². The molecule has 0 radical (unpaired) electrons. The Kier molecular flexibility index (Phi) is 4.18. The summed E-state index contributed by atoms with van der Waals surface area (Å²) in [5, 5.41) is 10.5. The molecule has 0 heterocycles. The first kappa shape index (κ1) is 11.3. The highest BCUT2D eigenvalue weighted by Gasteiger charge is 2.29. The predicted octanol–water partition coefficient (Wildman–Crippen LogP) is 2.04. The van der Waals surface area contributed by atoms with Crippen molar-refractivity contribution in [1.29, 1.82) is 0 Å². The second kappa shape index (κ2) is 5.18. The van der Waals surface area contributed by atoms with E-state index < -0.39 is 5.97 Å². The fourth-order valence-electron chi connectivity index (χ4n) is 2.53. The lowest BCUT2D eigenvalue weighted by atomic mass is 9.69. The Labute approximate surface area is 86.0 Å². The van der Waals surface area contributed by atoms with E-state index >= 15 is 0 Å². The van der Waals surface area contributed by atoms with Crippen molar-refractivity contribution in [3.05, 3.63) is 12.7 Å². The van der Waals surface area contributed by atoms with Gasteiger partial charge in [-0.2, -0.15) is 0 Å². The highest BCUT2D eigenvalue weighted by Crippen LogP contribution is 2.43. The topological polar surface area (TPSA) is 40.1 Å². The van der Waals surface area contributed by atoms with Gasteiger partial charge in [-0.25, -0.2) is 0 Å². The molecule has 80 valence electrons. The van der Waals surface area contributed by atoms with Crippen LogP contribution in [0.25, 0.3) is 0 Å². The third-order valence-corrected chi connectivity index (χ3v) is 3.35. The Morgan fingerprint density at radius 1 is 1.36 bits per heavy atom. The van der Waals surface area contributed by atoms with Gasteiger partial charge >= 0.3 is 0 Å². The van der Waals surface area contributed by atoms with Gasteiger partial charge < -0.3 is 9.90 Å². The first-order valence-electron chi connectivity index (χ1n) is 5.49. The van der Waals surface area contributed by atoms with Crippen LogP contribution in [-0.4, -0.2) is 5.97 Å². The maximum absolute atomic E-state index is 10.5. The monoisotopic (exact) mass is 195 g/mol. The fraction of sp³-hybridized carbons (Fsp3) is 0.750. The number of carboxylic acid groups (broad SMARTS) is 1. The minimum absolute atomic E-state index is 0.202. The molecular weight excluding hydrogens is 176 g/mol. The molecule has 1 rings (SSSR count). The molecule has 0 amide bonds. The largest absolute Gasteiger partial charge is 0.550 e. The molecule has 0 atom stereocenters. The summed E-state index contributed by atoms with van der Waals surface area (Å²) >= 11 is 0. The van der Waals surface area contributed by atoms with Gasteiger partial charge in [-0.15, -0.1) is 6.58 Å². The molecule has 0 aromatic carbocycles. The molecule has 0 aromatic rings. The molecule has 0 aromatic heterocycles. The van der Waals surface area contributed by atoms with Crippen LogP contribution in [-0.2, 0) is 4.79 Å². The maximum Gasteiger partial charge on any atom is 0.0414 e. The molecule has 1 saturated carbocycles. The summed E-state index contributed by atoms with van der Waals surface area (Å²) in [6.07, 6.45) is 9.95. The Morgan fingerprint density at radius 2 is 2.00 bits per heavy atom. The molecular formula is C12H19O2-. The molecule has 2 nitrogen and oxygen atoms in total. The number of carbonyl (C=O) groups excluding carboxylic acids is 1. The van der Waals surface area contributed by atoms with Crippen LogP contribution in [0.1, 0.15) is 51.4 Å². The zero-order valence-corrected chi connectivity index (χ0v) is 8.76. The van der Waals surface area contributed by atoms with Gasteiger partial charge in [-0.1, -0.05) is 25.3 Å². The first-order chi connectivity index (χ1) is 6.68. The third-order valence-electron chi connectivity index (χ3n) is 3.35. The summed E-state index contributed by atoms with van der Waals surface area (Å²) in [6, 6.07) is 0. The van der Waals surface area contributed by atoms with E-state index in [0.29, 0.717) is 0 Å². The van der Waals surface area contributed by atoms with Gasteiger partial charge in [0.25, 0.3) is 0 Å². The zero-order chi connectivity index (χ0) is 10.4. The molecule has 0 saturated heterocycles. The number of hydrogen-bond donors (Lipinski definition) is 0. The summed E-state index contributed by atoms with van der Waals surface area (Å²) in [7, 11) is 0. The van der Waals surface area contributed by atoms with Crippen LogP contribution in [0.3, 0.4) is 0 Å². The predicted molar refractivity (Wildman–Crippen MR) is 54.6 cm³/mol. The minimum atomic E-state index is -0.918. The maximum atomic E-state index is 10.5. The average Bonchev–Trinajstić information content (AvgIpc) is 2.17. The van der Waals surface area contributed by atoms with Gasteiger partial charge in [-0.05, 0) is 37.5 Å². The normalized spacial score (nSPS) is 20.3. The van der Waals surface area contributed by atoms with Crippen LogP contribution >= 0.6 is 0 Å². The van der Waals surface area contributed by atoms with Crippen LogP contribution in [0, 0.1) is 5.41 Å². The molecule has 0 aliphatic heterocycles. The fourth-order valence-corrected chi connectivity index (χ4v) is 2.53. The number of carbonyl (C=O) groups is 1. The number of rotatable bonds is 5. The number of allylic oxidation sites excluding steroid dienone is 1. The van der Waals surface area contributed by atoms with Crippen molar-refractivity contribution >= 4 is 5.97 Å². The second-order valence-corrected chi connectivity index (χ2v) is 4.43. The van der Waals surface area contributed by atoms with Crippen molar-refractivity contribution in [3.63, 3.8) is 0 Å². The van der Waals surface area contributed by atoms with Crippen LogP contribution in [0.4, 0.5) is 0 Å². The summed E-state index contributed by atoms with van der Waals surface area (Å²) in [5.74, 6) is -0.918. The van der Waals surface area contributed by atoms with E-state index in [-0.39, 0.29) is 11.8 Å². The SMILES string of the molecule is C=CCC1(CCC(=O)[O-])CCCCC1. The summed E-state index contributed by atoms with van der Waals surface area (Å²) in [5.41, 5.74) is 0.222. The first-order valence-corrected chi connectivity index (χ1v) is 5.49. The Hall–Kier alpha value is -0.790. The lowest BCUT2D eigenvalue weighted by molar-refractivity contribution is -0.306. The average molecular weight is 195 g/mol. The molecule has 0 N–H and O–H groups in total. The van der Waals surface area contributed by atoms with Gasteiger partial charge in [-0.3, -0.25) is 0 Å². The second-order valence-electron chi connectivity index (χ2n) is 4.43. The standard InChI is InChI=1S/C12H20O2/c1-2-7-12(10-6-11(13)14)8-4-3-5-9-12/h2H,1,3-10H2,(H,13,14)/p-1. The summed E-state index contributed by atoms with van der Waals surface area (Å²) in [6.45, 7) is 3.76. The molecule has 1 aliphatic carbocycles. The van der Waals surface area contributed by atoms with E-state index in [9.17, 15) is 9.90 Å². The summed E-state index contributed by atoms with van der Waals surface area (Å²) in [4.78, 5) is 10.5. The Balaban J connectivity index is 2.50. The van der Waals surface area contributed by atoms with Crippen molar-refractivity contribution in [2.75, 3.05) is 0 Å². The van der Waals surface area contributed by atoms with E-state index in [0.717, 1.165) is 25.7 Å². The van der Waals surface area contributed by atoms with E-state index in [4.69, 9.17) is 0 Å². The Morgan fingerprint density at radius 3 is 2.50 bits per heavy atom. The van der Waals surface area contributed by atoms with Gasteiger partial charge in [0.05, 0.1) is 0 Å².